The fraction of sp³-hybridized carbons (Fsp3) is 0.450. The van der Waals surface area contributed by atoms with Gasteiger partial charge >= 0.3 is 0 Å². The minimum atomic E-state index is -0.393. The molecule has 2 heterocycles. The zero-order valence-electron chi connectivity index (χ0n) is 14.9. The number of hydrogen-bond donors (Lipinski definition) is 1. The number of carbonyl (C=O) groups is 1. The van der Waals surface area contributed by atoms with Crippen molar-refractivity contribution in [3.63, 3.8) is 0 Å². The van der Waals surface area contributed by atoms with E-state index in [1.54, 1.807) is 6.07 Å². The lowest BCUT2D eigenvalue weighted by Crippen LogP contribution is -2.38. The molecule has 0 bridgehead atoms. The van der Waals surface area contributed by atoms with Crippen molar-refractivity contribution in [3.05, 3.63) is 58.3 Å². The van der Waals surface area contributed by atoms with Gasteiger partial charge < -0.3 is 9.73 Å². The first-order valence-electron chi connectivity index (χ1n) is 8.98. The molecule has 0 radical (unpaired) electrons. The monoisotopic (exact) mass is 378 g/mol. The van der Waals surface area contributed by atoms with Gasteiger partial charge in [-0.3, -0.25) is 9.69 Å². The third-order valence-corrected chi connectivity index (χ3v) is 5.19. The predicted octanol–water partition coefficient (Wildman–Crippen LogP) is 3.95. The zero-order chi connectivity index (χ0) is 18.5. The Morgan fingerprint density at radius 3 is 2.73 bits per heavy atom. The molecule has 4 nitrogen and oxygen atoms in total. The topological polar surface area (TPSA) is 45.5 Å². The highest BCUT2D eigenvalue weighted by Gasteiger charge is 2.20. The molecular weight excluding hydrogens is 355 g/mol. The molecule has 1 fully saturated rings. The fourth-order valence-corrected chi connectivity index (χ4v) is 3.53. The quantitative estimate of drug-likeness (QED) is 0.827. The van der Waals surface area contributed by atoms with Crippen LogP contribution in [0.2, 0.25) is 5.02 Å². The number of amides is 1. The number of hydrogen-bond acceptors (Lipinski definition) is 3. The van der Waals surface area contributed by atoms with E-state index in [0.717, 1.165) is 44.0 Å². The maximum atomic E-state index is 13.1. The van der Waals surface area contributed by atoms with Crippen molar-refractivity contribution in [2.75, 3.05) is 19.6 Å². The van der Waals surface area contributed by atoms with Crippen LogP contribution in [0.5, 0.6) is 0 Å². The van der Waals surface area contributed by atoms with Gasteiger partial charge in [0.15, 0.2) is 0 Å². The molecule has 3 rings (SSSR count). The van der Waals surface area contributed by atoms with E-state index in [1.165, 1.54) is 12.1 Å². The largest absolute Gasteiger partial charge is 0.465 e. The average molecular weight is 379 g/mol. The van der Waals surface area contributed by atoms with Gasteiger partial charge in [-0.15, -0.1) is 0 Å². The average Bonchev–Trinajstić information content (AvgIpc) is 3.02. The molecule has 0 atom stereocenters. The van der Waals surface area contributed by atoms with Gasteiger partial charge in [0.25, 0.3) is 0 Å². The van der Waals surface area contributed by atoms with E-state index >= 15 is 0 Å². The number of aryl methyl sites for hydroxylation is 1. The van der Waals surface area contributed by atoms with Crippen molar-refractivity contribution in [2.45, 2.75) is 32.7 Å². The smallest absolute Gasteiger partial charge is 0.224 e. The molecule has 140 valence electrons. The molecule has 1 N–H and O–H groups in total. The second-order valence-corrected chi connectivity index (χ2v) is 7.36. The summed E-state index contributed by atoms with van der Waals surface area (Å²) in [6.45, 7) is 5.48. The third kappa shape index (κ3) is 5.32. The van der Waals surface area contributed by atoms with E-state index in [1.807, 2.05) is 19.1 Å². The van der Waals surface area contributed by atoms with Crippen LogP contribution < -0.4 is 5.32 Å². The standard InChI is InChI=1S/C20H24ClFN2O2/c1-14-2-5-18(26-14)13-24-8-6-15(7-9-24)12-23-20(25)10-16-3-4-17(22)11-19(16)21/h2-5,11,15H,6-10,12-13H2,1H3,(H,23,25). The maximum absolute atomic E-state index is 13.1. The molecule has 0 unspecified atom stereocenters. The lowest BCUT2D eigenvalue weighted by Gasteiger charge is -2.31. The second-order valence-electron chi connectivity index (χ2n) is 6.95. The minimum Gasteiger partial charge on any atom is -0.465 e. The van der Waals surface area contributed by atoms with Crippen LogP contribution in [0.25, 0.3) is 0 Å². The molecule has 0 saturated carbocycles. The first kappa shape index (κ1) is 18.9. The number of nitrogens with zero attached hydrogens (tertiary/aromatic N) is 1. The van der Waals surface area contributed by atoms with Crippen molar-refractivity contribution in [2.24, 2.45) is 5.92 Å². The number of nitrogens with one attached hydrogen (secondary N) is 1. The van der Waals surface area contributed by atoms with Crippen LogP contribution in [0.1, 0.15) is 29.9 Å². The molecular formula is C20H24ClFN2O2. The molecule has 1 aliphatic rings. The van der Waals surface area contributed by atoms with E-state index in [0.29, 0.717) is 23.0 Å². The minimum absolute atomic E-state index is 0.0769. The summed E-state index contributed by atoms with van der Waals surface area (Å²) in [4.78, 5) is 14.5. The van der Waals surface area contributed by atoms with Crippen molar-refractivity contribution >= 4 is 17.5 Å². The Morgan fingerprint density at radius 2 is 2.08 bits per heavy atom. The lowest BCUT2D eigenvalue weighted by atomic mass is 9.96. The lowest BCUT2D eigenvalue weighted by molar-refractivity contribution is -0.120. The van der Waals surface area contributed by atoms with Gasteiger partial charge in [0.2, 0.25) is 5.91 Å². The van der Waals surface area contributed by atoms with Crippen LogP contribution in [0.3, 0.4) is 0 Å². The summed E-state index contributed by atoms with van der Waals surface area (Å²) in [5.74, 6) is 1.96. The predicted molar refractivity (Wildman–Crippen MR) is 99.6 cm³/mol. The first-order chi connectivity index (χ1) is 12.5. The highest BCUT2D eigenvalue weighted by atomic mass is 35.5. The summed E-state index contributed by atoms with van der Waals surface area (Å²) in [6.07, 6.45) is 2.28. The van der Waals surface area contributed by atoms with Crippen LogP contribution in [-0.2, 0) is 17.8 Å². The van der Waals surface area contributed by atoms with Crippen molar-refractivity contribution in [1.29, 1.82) is 0 Å². The molecule has 1 saturated heterocycles. The molecule has 0 spiro atoms. The molecule has 1 aromatic heterocycles. The molecule has 2 aromatic rings. The van der Waals surface area contributed by atoms with E-state index < -0.39 is 5.82 Å². The highest BCUT2D eigenvalue weighted by Crippen LogP contribution is 2.20. The fourth-order valence-electron chi connectivity index (χ4n) is 3.30. The number of likely N-dealkylation sites (tertiary alicyclic amines) is 1. The van der Waals surface area contributed by atoms with Gasteiger partial charge in [-0.25, -0.2) is 4.39 Å². The van der Waals surface area contributed by atoms with Crippen molar-refractivity contribution in [1.82, 2.24) is 10.2 Å². The summed E-state index contributed by atoms with van der Waals surface area (Å²) < 4.78 is 18.7. The summed E-state index contributed by atoms with van der Waals surface area (Å²) in [5, 5.41) is 3.28. The van der Waals surface area contributed by atoms with Crippen LogP contribution in [0.4, 0.5) is 4.39 Å². The SMILES string of the molecule is Cc1ccc(CN2CCC(CNC(=O)Cc3ccc(F)cc3Cl)CC2)o1. The van der Waals surface area contributed by atoms with E-state index in [9.17, 15) is 9.18 Å². The van der Waals surface area contributed by atoms with Crippen LogP contribution >= 0.6 is 11.6 Å². The van der Waals surface area contributed by atoms with E-state index in [-0.39, 0.29) is 12.3 Å². The Morgan fingerprint density at radius 1 is 1.31 bits per heavy atom. The van der Waals surface area contributed by atoms with Gasteiger partial charge in [0.05, 0.1) is 13.0 Å². The first-order valence-corrected chi connectivity index (χ1v) is 9.35. The molecule has 1 aliphatic heterocycles. The van der Waals surface area contributed by atoms with Gasteiger partial charge in [-0.2, -0.15) is 0 Å². The van der Waals surface area contributed by atoms with E-state index in [4.69, 9.17) is 16.0 Å². The summed E-state index contributed by atoms with van der Waals surface area (Å²) in [6, 6.07) is 8.14. The van der Waals surface area contributed by atoms with Crippen LogP contribution in [-0.4, -0.2) is 30.4 Å². The molecule has 0 aliphatic carbocycles. The second kappa shape index (κ2) is 8.69. The number of furan rings is 1. The van der Waals surface area contributed by atoms with Crippen LogP contribution in [0, 0.1) is 18.7 Å². The Hall–Kier alpha value is -1.85. The normalized spacial score (nSPS) is 16.0. The zero-order valence-corrected chi connectivity index (χ0v) is 15.7. The Bertz CT molecular complexity index is 754. The third-order valence-electron chi connectivity index (χ3n) is 4.84. The summed E-state index contributed by atoms with van der Waals surface area (Å²) in [5.41, 5.74) is 0.647. The summed E-state index contributed by atoms with van der Waals surface area (Å²) in [7, 11) is 0. The van der Waals surface area contributed by atoms with E-state index in [2.05, 4.69) is 10.2 Å². The molecule has 26 heavy (non-hydrogen) atoms. The highest BCUT2D eigenvalue weighted by molar-refractivity contribution is 6.31. The van der Waals surface area contributed by atoms with Crippen molar-refractivity contribution in [3.8, 4) is 0 Å². The molecule has 1 amide bonds. The number of piperidine rings is 1. The molecule has 6 heteroatoms. The van der Waals surface area contributed by atoms with Gasteiger partial charge in [-0.05, 0) is 68.6 Å². The molecule has 1 aromatic carbocycles. The number of benzene rings is 1. The summed E-state index contributed by atoms with van der Waals surface area (Å²) >= 11 is 5.97. The number of rotatable bonds is 6. The van der Waals surface area contributed by atoms with Gasteiger partial charge in [0, 0.05) is 11.6 Å². The maximum Gasteiger partial charge on any atom is 0.224 e. The number of halogens is 2. The van der Waals surface area contributed by atoms with Gasteiger partial charge in [-0.1, -0.05) is 17.7 Å². The number of carbonyl (C=O) groups excluding carboxylic acids is 1. The van der Waals surface area contributed by atoms with Gasteiger partial charge in [0.1, 0.15) is 17.3 Å². The van der Waals surface area contributed by atoms with Crippen molar-refractivity contribution < 1.29 is 13.6 Å². The van der Waals surface area contributed by atoms with Crippen LogP contribution in [0.15, 0.2) is 34.7 Å². The Kier molecular flexibility index (Phi) is 6.33. The Labute approximate surface area is 158 Å². The Balaban J connectivity index is 1.38.